The van der Waals surface area contributed by atoms with E-state index in [1.807, 2.05) is 6.92 Å². The number of nitrogens with one attached hydrogen (secondary N) is 2. The third-order valence-corrected chi connectivity index (χ3v) is 5.83. The summed E-state index contributed by atoms with van der Waals surface area (Å²) >= 11 is 0. The van der Waals surface area contributed by atoms with E-state index in [2.05, 4.69) is 15.6 Å². The summed E-state index contributed by atoms with van der Waals surface area (Å²) in [7, 11) is 0. The minimum absolute atomic E-state index is 0.120. The molecule has 1 aromatic heterocycles. The summed E-state index contributed by atoms with van der Waals surface area (Å²) in [5.74, 6) is -0.447. The van der Waals surface area contributed by atoms with E-state index in [9.17, 15) is 14.7 Å². The van der Waals surface area contributed by atoms with Crippen LogP contribution in [0.3, 0.4) is 0 Å². The molecule has 0 saturated heterocycles. The fourth-order valence-electron chi connectivity index (χ4n) is 4.70. The third kappa shape index (κ3) is 1.69. The van der Waals surface area contributed by atoms with Crippen LogP contribution in [0.15, 0.2) is 18.3 Å². The number of carboxylic acid groups (broad SMARTS) is 1. The minimum atomic E-state index is -0.720. The smallest absolute Gasteiger partial charge is 0.307 e. The lowest BCUT2D eigenvalue weighted by Gasteiger charge is -2.60. The normalized spacial score (nSPS) is 39.0. The van der Waals surface area contributed by atoms with Gasteiger partial charge in [0.1, 0.15) is 11.5 Å². The lowest BCUT2D eigenvalue weighted by molar-refractivity contribution is -0.156. The number of rotatable bonds is 1. The Morgan fingerprint density at radius 1 is 1.45 bits per heavy atom. The first-order chi connectivity index (χ1) is 10.4. The molecule has 4 aliphatic rings. The van der Waals surface area contributed by atoms with E-state index < -0.39 is 11.6 Å². The molecule has 6 nitrogen and oxygen atoms in total. The predicted molar refractivity (Wildman–Crippen MR) is 79.2 cm³/mol. The maximum Gasteiger partial charge on any atom is 0.307 e. The molecule has 5 rings (SSSR count). The predicted octanol–water partition coefficient (Wildman–Crippen LogP) is 1.84. The van der Waals surface area contributed by atoms with Crippen LogP contribution in [0.5, 0.6) is 0 Å². The number of anilines is 1. The summed E-state index contributed by atoms with van der Waals surface area (Å²) in [4.78, 5) is 28.3. The van der Waals surface area contributed by atoms with Crippen molar-refractivity contribution in [3.63, 3.8) is 0 Å². The first kappa shape index (κ1) is 13.5. The average Bonchev–Trinajstić information content (AvgIpc) is 2.46. The Bertz CT molecular complexity index is 676. The highest BCUT2D eigenvalue weighted by Crippen LogP contribution is 2.58. The number of fused-ring (bicyclic) bond motifs is 3. The molecule has 1 aliphatic heterocycles. The number of aromatic nitrogens is 1. The third-order valence-electron chi connectivity index (χ3n) is 5.83. The first-order valence-corrected chi connectivity index (χ1v) is 7.72. The number of nitrogens with zero attached hydrogens (tertiary/aromatic N) is 1. The van der Waals surface area contributed by atoms with Gasteiger partial charge in [-0.15, -0.1) is 0 Å². The van der Waals surface area contributed by atoms with Crippen LogP contribution >= 0.6 is 0 Å². The van der Waals surface area contributed by atoms with Gasteiger partial charge in [-0.1, -0.05) is 6.92 Å². The van der Waals surface area contributed by atoms with Crippen LogP contribution in [-0.2, 0) is 4.79 Å². The van der Waals surface area contributed by atoms with Gasteiger partial charge in [0, 0.05) is 12.1 Å². The lowest BCUT2D eigenvalue weighted by atomic mass is 9.51. The molecule has 0 radical (unpaired) electrons. The van der Waals surface area contributed by atoms with Crippen molar-refractivity contribution in [1.29, 1.82) is 0 Å². The average molecular weight is 301 g/mol. The molecule has 3 fully saturated rings. The number of aliphatic carboxylic acids is 1. The zero-order valence-electron chi connectivity index (χ0n) is 12.4. The zero-order valence-corrected chi connectivity index (χ0v) is 12.4. The highest BCUT2D eigenvalue weighted by Gasteiger charge is 2.60. The Balaban J connectivity index is 1.73. The van der Waals surface area contributed by atoms with Crippen molar-refractivity contribution < 1.29 is 14.7 Å². The molecular formula is C16H19N3O3. The molecule has 1 aromatic rings. The van der Waals surface area contributed by atoms with E-state index in [0.29, 0.717) is 24.2 Å². The first-order valence-electron chi connectivity index (χ1n) is 7.72. The molecule has 1 spiro atoms. The number of carboxylic acids is 1. The van der Waals surface area contributed by atoms with Crippen LogP contribution in [0.25, 0.3) is 0 Å². The summed E-state index contributed by atoms with van der Waals surface area (Å²) in [6, 6.07) is 3.49. The van der Waals surface area contributed by atoms with Gasteiger partial charge in [-0.3, -0.25) is 9.59 Å². The maximum absolute atomic E-state index is 12.4. The van der Waals surface area contributed by atoms with Gasteiger partial charge in [-0.05, 0) is 43.2 Å². The van der Waals surface area contributed by atoms with E-state index in [-0.39, 0.29) is 23.2 Å². The van der Waals surface area contributed by atoms with E-state index >= 15 is 0 Å². The number of carbonyl (C=O) groups is 2. The molecule has 1 amide bonds. The molecule has 4 atom stereocenters. The number of hydrogen-bond donors (Lipinski definition) is 3. The van der Waals surface area contributed by atoms with Crippen molar-refractivity contribution in [2.75, 3.05) is 5.32 Å². The van der Waals surface area contributed by atoms with Crippen molar-refractivity contribution >= 4 is 17.7 Å². The molecule has 3 saturated carbocycles. The summed E-state index contributed by atoms with van der Waals surface area (Å²) in [5, 5.41) is 16.0. The molecule has 2 bridgehead atoms. The summed E-state index contributed by atoms with van der Waals surface area (Å²) in [6.45, 7) is 2.03. The second kappa shape index (κ2) is 4.21. The second-order valence-electron chi connectivity index (χ2n) is 7.14. The van der Waals surface area contributed by atoms with Crippen LogP contribution in [-0.4, -0.2) is 27.6 Å². The van der Waals surface area contributed by atoms with Gasteiger partial charge in [0.25, 0.3) is 5.91 Å². The van der Waals surface area contributed by atoms with Gasteiger partial charge in [0.2, 0.25) is 0 Å². The SMILES string of the molecule is C[C@@]12CC[C@@H](C[C@@H]1C(=O)O)[C@@]1(C2)NC(=O)c2cccnc2N1. The monoisotopic (exact) mass is 301 g/mol. The van der Waals surface area contributed by atoms with E-state index in [4.69, 9.17) is 0 Å². The van der Waals surface area contributed by atoms with E-state index in [1.54, 1.807) is 18.3 Å². The Kier molecular flexibility index (Phi) is 2.59. The number of pyridine rings is 1. The molecule has 0 unspecified atom stereocenters. The Labute approximate surface area is 128 Å². The molecule has 0 aromatic carbocycles. The van der Waals surface area contributed by atoms with Crippen LogP contribution < -0.4 is 10.6 Å². The Morgan fingerprint density at radius 3 is 3.00 bits per heavy atom. The molecule has 22 heavy (non-hydrogen) atoms. The van der Waals surface area contributed by atoms with Gasteiger partial charge in [0.15, 0.2) is 0 Å². The fourth-order valence-corrected chi connectivity index (χ4v) is 4.70. The van der Waals surface area contributed by atoms with Crippen LogP contribution in [0.2, 0.25) is 0 Å². The molecule has 3 aliphatic carbocycles. The summed E-state index contributed by atoms with van der Waals surface area (Å²) in [6.07, 6.45) is 4.71. The number of amides is 1. The quantitative estimate of drug-likeness (QED) is 0.736. The van der Waals surface area contributed by atoms with Crippen molar-refractivity contribution in [1.82, 2.24) is 10.3 Å². The fraction of sp³-hybridized carbons (Fsp3) is 0.562. The molecule has 3 N–H and O–H groups in total. The lowest BCUT2D eigenvalue weighted by Crippen LogP contribution is -2.69. The second-order valence-corrected chi connectivity index (χ2v) is 7.14. The largest absolute Gasteiger partial charge is 0.481 e. The van der Waals surface area contributed by atoms with Gasteiger partial charge < -0.3 is 15.7 Å². The van der Waals surface area contributed by atoms with Gasteiger partial charge in [0.05, 0.1) is 11.5 Å². The highest BCUT2D eigenvalue weighted by atomic mass is 16.4. The highest BCUT2D eigenvalue weighted by molar-refractivity contribution is 6.01. The van der Waals surface area contributed by atoms with E-state index in [1.165, 1.54) is 0 Å². The zero-order chi connectivity index (χ0) is 15.5. The summed E-state index contributed by atoms with van der Waals surface area (Å²) in [5.41, 5.74) is -0.306. The maximum atomic E-state index is 12.4. The summed E-state index contributed by atoms with van der Waals surface area (Å²) < 4.78 is 0. The molecule has 116 valence electrons. The van der Waals surface area contributed by atoms with Crippen molar-refractivity contribution in [3.05, 3.63) is 23.9 Å². The van der Waals surface area contributed by atoms with Crippen molar-refractivity contribution in [2.24, 2.45) is 17.3 Å². The number of hydrogen-bond acceptors (Lipinski definition) is 4. The van der Waals surface area contributed by atoms with Gasteiger partial charge in [-0.2, -0.15) is 0 Å². The van der Waals surface area contributed by atoms with Crippen LogP contribution in [0.1, 0.15) is 43.0 Å². The Morgan fingerprint density at radius 2 is 2.27 bits per heavy atom. The van der Waals surface area contributed by atoms with Gasteiger partial charge in [-0.25, -0.2) is 4.98 Å². The van der Waals surface area contributed by atoms with Crippen molar-refractivity contribution in [2.45, 2.75) is 38.3 Å². The standard InChI is InChI=1S/C16H19N3O3/c1-15-5-4-9(7-11(15)14(21)22)16(8-15)18-12-10(13(20)19-16)3-2-6-17-12/h2-3,6,9,11H,4-5,7-8H2,1H3,(H,17,18)(H,19,20)(H,21,22)/t9-,11+,15-,16+/m0/s1. The molecule has 2 heterocycles. The number of carbonyl (C=O) groups excluding carboxylic acids is 1. The Hall–Kier alpha value is -2.11. The van der Waals surface area contributed by atoms with Crippen LogP contribution in [0.4, 0.5) is 5.82 Å². The van der Waals surface area contributed by atoms with E-state index in [0.717, 1.165) is 12.8 Å². The topological polar surface area (TPSA) is 91.3 Å². The minimum Gasteiger partial charge on any atom is -0.481 e. The van der Waals surface area contributed by atoms with Crippen LogP contribution in [0, 0.1) is 17.3 Å². The molecular weight excluding hydrogens is 282 g/mol. The van der Waals surface area contributed by atoms with Gasteiger partial charge >= 0.3 is 5.97 Å². The molecule has 6 heteroatoms. The van der Waals surface area contributed by atoms with Crippen molar-refractivity contribution in [3.8, 4) is 0 Å².